The topological polar surface area (TPSA) is 56.5 Å². The molecule has 2 rings (SSSR count). The van der Waals surface area contributed by atoms with Gasteiger partial charge in [0, 0.05) is 0 Å². The van der Waals surface area contributed by atoms with E-state index < -0.39 is 5.97 Å². The number of esters is 1. The molecule has 0 saturated heterocycles. The molecule has 0 bridgehead atoms. The summed E-state index contributed by atoms with van der Waals surface area (Å²) in [5.41, 5.74) is 1.82. The summed E-state index contributed by atoms with van der Waals surface area (Å²) in [6.45, 7) is 7.96. The molecule has 0 atom stereocenters. The molecule has 2 aromatic rings. The van der Waals surface area contributed by atoms with Gasteiger partial charge < -0.3 is 4.74 Å². The van der Waals surface area contributed by atoms with Gasteiger partial charge in [-0.25, -0.2) is 14.3 Å². The monoisotopic (exact) mass is 235 g/mol. The molecule has 0 spiro atoms. The lowest BCUT2D eigenvalue weighted by Crippen LogP contribution is -2.09. The van der Waals surface area contributed by atoms with Crippen molar-refractivity contribution in [2.24, 2.45) is 0 Å². The predicted octanol–water partition coefficient (Wildman–Crippen LogP) is 2.24. The van der Waals surface area contributed by atoms with Gasteiger partial charge in [0.2, 0.25) is 0 Å². The Kier molecular flexibility index (Phi) is 4.63. The van der Waals surface area contributed by atoms with Crippen molar-refractivity contribution in [3.8, 4) is 0 Å². The van der Waals surface area contributed by atoms with E-state index in [0.29, 0.717) is 17.9 Å². The highest BCUT2D eigenvalue weighted by Gasteiger charge is 2.13. The Morgan fingerprint density at radius 3 is 2.76 bits per heavy atom. The second-order valence-corrected chi connectivity index (χ2v) is 3.11. The SMILES string of the molecule is CC.CCOC(=O)c1cnc2ccc(C)nn12. The summed E-state index contributed by atoms with van der Waals surface area (Å²) in [6.07, 6.45) is 1.47. The van der Waals surface area contributed by atoms with Crippen LogP contribution < -0.4 is 0 Å². The molecule has 0 aliphatic heterocycles. The summed E-state index contributed by atoms with van der Waals surface area (Å²) in [7, 11) is 0. The molecule has 0 aromatic carbocycles. The fourth-order valence-electron chi connectivity index (χ4n) is 1.31. The molecule has 0 amide bonds. The molecule has 5 nitrogen and oxygen atoms in total. The van der Waals surface area contributed by atoms with Crippen LogP contribution in [0.15, 0.2) is 18.3 Å². The third-order valence-corrected chi connectivity index (χ3v) is 1.98. The number of aryl methyl sites for hydroxylation is 1. The van der Waals surface area contributed by atoms with Crippen LogP contribution in [-0.2, 0) is 4.74 Å². The van der Waals surface area contributed by atoms with Crippen molar-refractivity contribution >= 4 is 11.6 Å². The van der Waals surface area contributed by atoms with Crippen LogP contribution in [-0.4, -0.2) is 27.2 Å². The van der Waals surface area contributed by atoms with Gasteiger partial charge in [-0.05, 0) is 26.0 Å². The first kappa shape index (κ1) is 13.2. The first-order valence-electron chi connectivity index (χ1n) is 5.71. The highest BCUT2D eigenvalue weighted by Crippen LogP contribution is 2.06. The van der Waals surface area contributed by atoms with E-state index in [1.807, 2.05) is 32.9 Å². The van der Waals surface area contributed by atoms with Gasteiger partial charge in [-0.2, -0.15) is 5.10 Å². The maximum absolute atomic E-state index is 11.5. The Bertz CT molecular complexity index is 505. The third-order valence-electron chi connectivity index (χ3n) is 1.98. The molecule has 0 N–H and O–H groups in total. The summed E-state index contributed by atoms with van der Waals surface area (Å²) < 4.78 is 6.39. The van der Waals surface area contributed by atoms with Crippen LogP contribution >= 0.6 is 0 Å². The molecule has 0 radical (unpaired) electrons. The number of imidazole rings is 1. The average Bonchev–Trinajstić information content (AvgIpc) is 2.75. The smallest absolute Gasteiger partial charge is 0.358 e. The summed E-state index contributed by atoms with van der Waals surface area (Å²) in [6, 6.07) is 3.66. The maximum Gasteiger partial charge on any atom is 0.358 e. The van der Waals surface area contributed by atoms with Gasteiger partial charge in [0.05, 0.1) is 18.5 Å². The van der Waals surface area contributed by atoms with Gasteiger partial charge >= 0.3 is 5.97 Å². The second kappa shape index (κ2) is 5.98. The van der Waals surface area contributed by atoms with Gasteiger partial charge in [0.1, 0.15) is 0 Å². The van der Waals surface area contributed by atoms with Crippen molar-refractivity contribution in [2.45, 2.75) is 27.7 Å². The minimum Gasteiger partial charge on any atom is -0.461 e. The zero-order chi connectivity index (χ0) is 12.8. The zero-order valence-corrected chi connectivity index (χ0v) is 10.6. The predicted molar refractivity (Wildman–Crippen MR) is 65.0 cm³/mol. The number of fused-ring (bicyclic) bond motifs is 1. The Labute approximate surface area is 100 Å². The number of hydrogen-bond acceptors (Lipinski definition) is 4. The third kappa shape index (κ3) is 2.81. The average molecular weight is 235 g/mol. The molecule has 17 heavy (non-hydrogen) atoms. The van der Waals surface area contributed by atoms with Crippen molar-refractivity contribution in [3.63, 3.8) is 0 Å². The van der Waals surface area contributed by atoms with E-state index >= 15 is 0 Å². The van der Waals surface area contributed by atoms with Gasteiger partial charge in [-0.1, -0.05) is 13.8 Å². The number of carbonyl (C=O) groups is 1. The van der Waals surface area contributed by atoms with Crippen molar-refractivity contribution in [1.29, 1.82) is 0 Å². The van der Waals surface area contributed by atoms with Crippen molar-refractivity contribution < 1.29 is 9.53 Å². The number of ether oxygens (including phenoxy) is 1. The standard InChI is InChI=1S/C10H11N3O2.C2H6/c1-3-15-10(14)8-6-11-9-5-4-7(2)12-13(8)9;1-2/h4-6H,3H2,1-2H3;1-2H3. The summed E-state index contributed by atoms with van der Waals surface area (Å²) in [5, 5.41) is 4.19. The van der Waals surface area contributed by atoms with Gasteiger partial charge in [-0.15, -0.1) is 0 Å². The maximum atomic E-state index is 11.5. The Hall–Kier alpha value is -1.91. The van der Waals surface area contributed by atoms with E-state index in [0.717, 1.165) is 5.69 Å². The molecular weight excluding hydrogens is 218 g/mol. The van der Waals surface area contributed by atoms with Crippen molar-refractivity contribution in [3.05, 3.63) is 29.7 Å². The van der Waals surface area contributed by atoms with Crippen LogP contribution in [0, 0.1) is 6.92 Å². The molecule has 0 aliphatic rings. The van der Waals surface area contributed by atoms with Crippen LogP contribution in [0.3, 0.4) is 0 Å². The van der Waals surface area contributed by atoms with Crippen LogP contribution in [0.4, 0.5) is 0 Å². The van der Waals surface area contributed by atoms with Gasteiger partial charge in [0.15, 0.2) is 11.3 Å². The Balaban J connectivity index is 0.000000686. The van der Waals surface area contributed by atoms with E-state index in [2.05, 4.69) is 10.1 Å². The molecule has 5 heteroatoms. The van der Waals surface area contributed by atoms with Crippen LogP contribution in [0.25, 0.3) is 5.65 Å². The minimum absolute atomic E-state index is 0.345. The summed E-state index contributed by atoms with van der Waals surface area (Å²) in [4.78, 5) is 15.6. The van der Waals surface area contributed by atoms with Crippen LogP contribution in [0.5, 0.6) is 0 Å². The molecule has 0 fully saturated rings. The quantitative estimate of drug-likeness (QED) is 0.749. The van der Waals surface area contributed by atoms with Crippen molar-refractivity contribution in [1.82, 2.24) is 14.6 Å². The van der Waals surface area contributed by atoms with Crippen LogP contribution in [0.2, 0.25) is 0 Å². The molecule has 0 unspecified atom stereocenters. The molecule has 0 aliphatic carbocycles. The molecule has 0 saturated carbocycles. The summed E-state index contributed by atoms with van der Waals surface area (Å²) in [5.74, 6) is -0.400. The second-order valence-electron chi connectivity index (χ2n) is 3.11. The van der Waals surface area contributed by atoms with E-state index in [1.54, 1.807) is 6.92 Å². The highest BCUT2D eigenvalue weighted by atomic mass is 16.5. The largest absolute Gasteiger partial charge is 0.461 e. The number of aromatic nitrogens is 3. The molecular formula is C12H17N3O2. The Morgan fingerprint density at radius 1 is 1.41 bits per heavy atom. The number of carbonyl (C=O) groups excluding carboxylic acids is 1. The number of hydrogen-bond donors (Lipinski definition) is 0. The molecule has 92 valence electrons. The number of nitrogens with zero attached hydrogens (tertiary/aromatic N) is 3. The fraction of sp³-hybridized carbons (Fsp3) is 0.417. The first-order chi connectivity index (χ1) is 8.22. The Morgan fingerprint density at radius 2 is 2.12 bits per heavy atom. The normalized spacial score (nSPS) is 9.65. The lowest BCUT2D eigenvalue weighted by Gasteiger charge is -2.00. The number of rotatable bonds is 2. The zero-order valence-electron chi connectivity index (χ0n) is 10.6. The molecule has 2 aromatic heterocycles. The lowest BCUT2D eigenvalue weighted by molar-refractivity contribution is 0.0516. The lowest BCUT2D eigenvalue weighted by atomic mass is 10.4. The van der Waals surface area contributed by atoms with Crippen LogP contribution in [0.1, 0.15) is 37.0 Å². The van der Waals surface area contributed by atoms with E-state index in [1.165, 1.54) is 10.7 Å². The van der Waals surface area contributed by atoms with Crippen molar-refractivity contribution in [2.75, 3.05) is 6.61 Å². The molecule has 2 heterocycles. The summed E-state index contributed by atoms with van der Waals surface area (Å²) >= 11 is 0. The highest BCUT2D eigenvalue weighted by molar-refractivity contribution is 5.88. The van der Waals surface area contributed by atoms with E-state index in [9.17, 15) is 4.79 Å². The van der Waals surface area contributed by atoms with E-state index in [4.69, 9.17) is 4.74 Å². The van der Waals surface area contributed by atoms with Gasteiger partial charge in [-0.3, -0.25) is 0 Å². The fourth-order valence-corrected chi connectivity index (χ4v) is 1.31. The minimum atomic E-state index is -0.400. The first-order valence-corrected chi connectivity index (χ1v) is 5.71. The van der Waals surface area contributed by atoms with E-state index in [-0.39, 0.29) is 0 Å². The van der Waals surface area contributed by atoms with Gasteiger partial charge in [0.25, 0.3) is 0 Å².